The van der Waals surface area contributed by atoms with Crippen molar-refractivity contribution in [3.8, 4) is 45.6 Å². The van der Waals surface area contributed by atoms with E-state index in [4.69, 9.17) is 19.3 Å². The molecule has 0 fully saturated rings. The van der Waals surface area contributed by atoms with Gasteiger partial charge in [0.1, 0.15) is 0 Å². The van der Waals surface area contributed by atoms with Gasteiger partial charge in [0.15, 0.2) is 0 Å². The van der Waals surface area contributed by atoms with Gasteiger partial charge in [0.2, 0.25) is 0 Å². The van der Waals surface area contributed by atoms with Crippen LogP contribution < -0.4 is 12.4 Å². The largest absolute Gasteiger partial charge is 0.255 e. The molecule has 0 saturated carbocycles. The van der Waals surface area contributed by atoms with E-state index < -0.39 is 15.4 Å². The number of hydrogen-bond acceptors (Lipinski definition) is 11. The van der Waals surface area contributed by atoms with Crippen LogP contribution in [0.15, 0.2) is 251 Å². The maximum atomic E-state index is 4.90. The number of nitrogens with zero attached hydrogens (tertiary/aromatic N) is 14. The molecule has 0 bridgehead atoms. The van der Waals surface area contributed by atoms with E-state index in [-0.39, 0.29) is 12.4 Å². The molecule has 0 spiro atoms. The Bertz CT molecular complexity index is 2600. The smallest absolute Gasteiger partial charge is 0.0886 e. The number of aromatic nitrogens is 14. The maximum absolute atomic E-state index is 4.90. The zero-order valence-electron chi connectivity index (χ0n) is 44.0. The predicted molar refractivity (Wildman–Crippen MR) is 308 cm³/mol. The minimum atomic E-state index is -0.639. The van der Waals surface area contributed by atoms with Gasteiger partial charge in [0.25, 0.3) is 0 Å². The minimum Gasteiger partial charge on any atom is -0.255 e. The van der Waals surface area contributed by atoms with Gasteiger partial charge in [0.05, 0.1) is 64.5 Å². The molecule has 11 aromatic heterocycles. The fraction of sp³-hybridized carbons (Fsp3) is 0.169. The van der Waals surface area contributed by atoms with Gasteiger partial charge in [-0.1, -0.05) is 62.4 Å². The zero-order chi connectivity index (χ0) is 55.7. The van der Waals surface area contributed by atoms with Crippen LogP contribution in [0.5, 0.6) is 0 Å². The van der Waals surface area contributed by atoms with E-state index in [1.807, 2.05) is 202 Å². The molecule has 0 saturated heterocycles. The van der Waals surface area contributed by atoms with Crippen LogP contribution in [0.25, 0.3) is 45.6 Å². The molecule has 3 unspecified atom stereocenters. The topological polar surface area (TPSA) is 157 Å². The van der Waals surface area contributed by atoms with Crippen LogP contribution in [0.1, 0.15) is 65.1 Å². The van der Waals surface area contributed by atoms with E-state index in [0.29, 0.717) is 18.1 Å². The molecule has 0 N–H and O–H groups in total. The van der Waals surface area contributed by atoms with Gasteiger partial charge in [-0.05, 0) is 130 Å². The molecule has 14 nitrogen and oxygen atoms in total. The number of rotatable bonds is 11. The second kappa shape index (κ2) is 42.2. The summed E-state index contributed by atoms with van der Waals surface area (Å²) in [4.78, 5) is 45.6. The Labute approximate surface area is 500 Å². The van der Waals surface area contributed by atoms with Gasteiger partial charge in [-0.3, -0.25) is 39.9 Å². The summed E-state index contributed by atoms with van der Waals surface area (Å²) >= 11 is 0.694. The molecule has 0 radical (unpaired) electrons. The SMILES string of the molecule is CCC(C)n1ccnc1.CCC(CC(C)n1ccnc1)n1ccnc1.[Cl-].[Cl][Os].[Cl][Os][Cl].c1ccc(-c2ccccn2)nc1.c1ccc(-c2ccccn2)nc1.c1ccc(-c2ccccn2)nc1.c1ccc(-c2ccccn2)nc1. The second-order valence-electron chi connectivity index (χ2n) is 16.2. The van der Waals surface area contributed by atoms with E-state index >= 15 is 0 Å². The molecular formula is C59H62Cl4N14Os2-. The monoisotopic (exact) mass is 1490 g/mol. The molecule has 0 amide bonds. The number of pyridine rings is 8. The Kier molecular flexibility index (Phi) is 35.6. The van der Waals surface area contributed by atoms with Crippen molar-refractivity contribution in [1.82, 2.24) is 68.5 Å². The second-order valence-corrected chi connectivity index (χ2v) is 19.9. The third-order valence-corrected chi connectivity index (χ3v) is 11.1. The quantitative estimate of drug-likeness (QED) is 0.121. The van der Waals surface area contributed by atoms with Crippen molar-refractivity contribution in [3.05, 3.63) is 251 Å². The molecule has 79 heavy (non-hydrogen) atoms. The van der Waals surface area contributed by atoms with Crippen LogP contribution in [-0.4, -0.2) is 68.5 Å². The number of hydrogen-bond donors (Lipinski definition) is 0. The Morgan fingerprint density at radius 1 is 0.367 bits per heavy atom. The van der Waals surface area contributed by atoms with Crippen molar-refractivity contribution in [1.29, 1.82) is 0 Å². The van der Waals surface area contributed by atoms with Gasteiger partial charge in [-0.15, -0.1) is 0 Å². The molecule has 0 aliphatic heterocycles. The van der Waals surface area contributed by atoms with Gasteiger partial charge < -0.3 is 26.1 Å². The summed E-state index contributed by atoms with van der Waals surface area (Å²) in [6.45, 7) is 8.79. The Morgan fingerprint density at radius 3 is 0.772 bits per heavy atom. The molecule has 413 valence electrons. The van der Waals surface area contributed by atoms with Crippen molar-refractivity contribution >= 4 is 28.9 Å². The fourth-order valence-corrected chi connectivity index (χ4v) is 6.89. The van der Waals surface area contributed by atoms with Crippen molar-refractivity contribution < 1.29 is 45.4 Å². The molecular weight excluding hydrogens is 1430 g/mol. The van der Waals surface area contributed by atoms with Crippen molar-refractivity contribution in [3.63, 3.8) is 0 Å². The summed E-state index contributed by atoms with van der Waals surface area (Å²) in [6, 6.07) is 48.0. The normalized spacial score (nSPS) is 10.8. The molecule has 0 aliphatic rings. The molecule has 11 heterocycles. The Morgan fingerprint density at radius 2 is 0.595 bits per heavy atom. The Hall–Kier alpha value is -6.74. The van der Waals surface area contributed by atoms with Crippen LogP contribution in [0.2, 0.25) is 0 Å². The minimum absolute atomic E-state index is 0. The Balaban J connectivity index is 0.000000246. The zero-order valence-corrected chi connectivity index (χ0v) is 52.1. The summed E-state index contributed by atoms with van der Waals surface area (Å²) in [7, 11) is 14.5. The van der Waals surface area contributed by atoms with Crippen LogP contribution in [0.3, 0.4) is 0 Å². The van der Waals surface area contributed by atoms with Crippen LogP contribution in [0, 0.1) is 0 Å². The summed E-state index contributed by atoms with van der Waals surface area (Å²) in [5, 5.41) is 0. The fourth-order valence-electron chi connectivity index (χ4n) is 6.89. The molecule has 11 aromatic rings. The molecule has 0 aliphatic carbocycles. The summed E-state index contributed by atoms with van der Waals surface area (Å²) in [5.74, 6) is 0. The molecule has 11 rings (SSSR count). The maximum Gasteiger partial charge on any atom is 0.0886 e. The van der Waals surface area contributed by atoms with Gasteiger partial charge >= 0.3 is 61.9 Å². The van der Waals surface area contributed by atoms with E-state index in [2.05, 4.69) is 106 Å². The first-order valence-corrected chi connectivity index (χ1v) is 34.1. The van der Waals surface area contributed by atoms with Crippen LogP contribution in [-0.2, 0) is 33.0 Å². The summed E-state index contributed by atoms with van der Waals surface area (Å²) < 4.78 is 6.45. The van der Waals surface area contributed by atoms with Crippen molar-refractivity contribution in [2.45, 2.75) is 65.1 Å². The first kappa shape index (κ1) is 66.5. The van der Waals surface area contributed by atoms with E-state index in [1.165, 1.54) is 17.6 Å². The summed E-state index contributed by atoms with van der Waals surface area (Å²) in [6.07, 6.45) is 34.7. The summed E-state index contributed by atoms with van der Waals surface area (Å²) in [5.41, 5.74) is 7.32. The predicted octanol–water partition coefficient (Wildman–Crippen LogP) is 12.2. The van der Waals surface area contributed by atoms with Crippen molar-refractivity contribution in [2.75, 3.05) is 0 Å². The standard InChI is InChI=1S/C12H18N4.4C10H8N2.C7H12N2.4ClH.2Os/c1-3-12(16-7-5-14-10-16)8-11(2)15-6-4-13-9-15;4*1-3-7-11-9(5-1)10-6-2-4-8-12-10;1-3-7(2)9-5-4-8-6-9;;;;;;/h4-7,9-12H,3,8H2,1-2H3;4*1-8H;4-7H,3H2,1-2H3;4*1H;;/q;;;;;;;;;;+1;+2/p-4. The average Bonchev–Trinajstić information content (AvgIpc) is 4.39. The van der Waals surface area contributed by atoms with Gasteiger partial charge in [0, 0.05) is 105 Å². The number of imidazole rings is 3. The number of halogens is 4. The molecule has 3 atom stereocenters. The van der Waals surface area contributed by atoms with E-state index in [0.717, 1.165) is 64.8 Å². The molecule has 20 heteroatoms. The van der Waals surface area contributed by atoms with E-state index in [9.17, 15) is 0 Å². The van der Waals surface area contributed by atoms with Crippen molar-refractivity contribution in [2.24, 2.45) is 0 Å². The molecule has 0 aromatic carbocycles. The average molecular weight is 1490 g/mol. The van der Waals surface area contributed by atoms with Crippen LogP contribution in [0.4, 0.5) is 0 Å². The third-order valence-electron chi connectivity index (χ3n) is 11.1. The van der Waals surface area contributed by atoms with Gasteiger partial charge in [-0.2, -0.15) is 0 Å². The van der Waals surface area contributed by atoms with Gasteiger partial charge in [-0.25, -0.2) is 15.0 Å². The first-order valence-electron chi connectivity index (χ1n) is 24.6. The van der Waals surface area contributed by atoms with Crippen LogP contribution >= 0.6 is 28.9 Å². The third kappa shape index (κ3) is 26.2. The van der Waals surface area contributed by atoms with E-state index in [1.54, 1.807) is 49.6 Å². The first-order chi connectivity index (χ1) is 38.4.